The average molecular weight is 380 g/mol. The Balaban J connectivity index is 2.11. The van der Waals surface area contributed by atoms with Gasteiger partial charge in [0.05, 0.1) is 16.2 Å². The maximum Gasteiger partial charge on any atom is 0.267 e. The first kappa shape index (κ1) is 18.8. The van der Waals surface area contributed by atoms with Crippen molar-refractivity contribution >= 4 is 28.6 Å². The van der Waals surface area contributed by atoms with E-state index in [1.165, 1.54) is 16.3 Å². The van der Waals surface area contributed by atoms with Gasteiger partial charge in [0, 0.05) is 12.7 Å². The van der Waals surface area contributed by atoms with Crippen LogP contribution in [-0.2, 0) is 4.79 Å². The van der Waals surface area contributed by atoms with Gasteiger partial charge in [0.25, 0.3) is 5.56 Å². The van der Waals surface area contributed by atoms with Gasteiger partial charge >= 0.3 is 0 Å². The van der Waals surface area contributed by atoms with E-state index in [9.17, 15) is 9.59 Å². The molecule has 6 nitrogen and oxygen atoms in total. The van der Waals surface area contributed by atoms with Crippen LogP contribution in [0.2, 0.25) is 0 Å². The van der Waals surface area contributed by atoms with Gasteiger partial charge in [-0.25, -0.2) is 14.5 Å². The molecule has 0 radical (unpaired) electrons. The summed E-state index contributed by atoms with van der Waals surface area (Å²) in [6.45, 7) is 7.69. The lowest BCUT2D eigenvalue weighted by Gasteiger charge is -2.15. The van der Waals surface area contributed by atoms with Crippen molar-refractivity contribution in [2.45, 2.75) is 24.3 Å². The molecule has 0 fully saturated rings. The van der Waals surface area contributed by atoms with Gasteiger partial charge in [-0.1, -0.05) is 36.0 Å². The zero-order valence-corrected chi connectivity index (χ0v) is 16.0. The zero-order chi connectivity index (χ0) is 19.4. The predicted octanol–water partition coefficient (Wildman–Crippen LogP) is 2.87. The summed E-state index contributed by atoms with van der Waals surface area (Å²) in [5.41, 5.74) is 1.37. The highest BCUT2D eigenvalue weighted by molar-refractivity contribution is 8.00. The summed E-state index contributed by atoms with van der Waals surface area (Å²) in [5.74, 6) is 0.329. The van der Waals surface area contributed by atoms with Gasteiger partial charge in [-0.2, -0.15) is 0 Å². The van der Waals surface area contributed by atoms with E-state index in [-0.39, 0.29) is 11.5 Å². The van der Waals surface area contributed by atoms with Crippen molar-refractivity contribution in [3.05, 3.63) is 71.2 Å². The Bertz CT molecular complexity index is 1040. The third-order valence-electron chi connectivity index (χ3n) is 3.94. The number of aryl methyl sites for hydroxylation is 1. The summed E-state index contributed by atoms with van der Waals surface area (Å²) in [6, 6.07) is 10.8. The molecule has 0 saturated heterocycles. The van der Waals surface area contributed by atoms with E-state index in [1.54, 1.807) is 43.5 Å². The van der Waals surface area contributed by atoms with E-state index in [2.05, 4.69) is 21.9 Å². The molecule has 1 unspecified atom stereocenters. The Morgan fingerprint density at radius 2 is 2.11 bits per heavy atom. The van der Waals surface area contributed by atoms with E-state index in [4.69, 9.17) is 0 Å². The number of hydrogen-bond donors (Lipinski definition) is 1. The number of carbonyl (C=O) groups excluding carboxylic acids is 1. The minimum Gasteiger partial charge on any atom is -0.352 e. The van der Waals surface area contributed by atoms with Gasteiger partial charge in [0.1, 0.15) is 5.82 Å². The Morgan fingerprint density at radius 1 is 1.33 bits per heavy atom. The van der Waals surface area contributed by atoms with Gasteiger partial charge in [-0.3, -0.25) is 9.59 Å². The molecule has 7 heteroatoms. The van der Waals surface area contributed by atoms with Crippen molar-refractivity contribution in [3.63, 3.8) is 0 Å². The average Bonchev–Trinajstić information content (AvgIpc) is 2.67. The maximum atomic E-state index is 13.1. The van der Waals surface area contributed by atoms with Crippen LogP contribution in [0.25, 0.3) is 16.7 Å². The van der Waals surface area contributed by atoms with Crippen molar-refractivity contribution in [2.75, 3.05) is 6.54 Å². The fraction of sp³-hybridized carbons (Fsp3) is 0.200. The molecule has 2 heterocycles. The van der Waals surface area contributed by atoms with Gasteiger partial charge in [0.2, 0.25) is 5.91 Å². The first-order valence-electron chi connectivity index (χ1n) is 8.51. The molecule has 27 heavy (non-hydrogen) atoms. The minimum atomic E-state index is -0.435. The Hall–Kier alpha value is -2.93. The second-order valence-electron chi connectivity index (χ2n) is 6.04. The van der Waals surface area contributed by atoms with Crippen LogP contribution in [0, 0.1) is 6.92 Å². The topological polar surface area (TPSA) is 76.9 Å². The van der Waals surface area contributed by atoms with Crippen LogP contribution in [0.5, 0.6) is 0 Å². The first-order chi connectivity index (χ1) is 13.0. The molecular formula is C20H20N4O2S. The van der Waals surface area contributed by atoms with Crippen molar-refractivity contribution in [1.82, 2.24) is 19.9 Å². The van der Waals surface area contributed by atoms with Crippen LogP contribution in [0.4, 0.5) is 0 Å². The summed E-state index contributed by atoms with van der Waals surface area (Å²) < 4.78 is 1.46. The smallest absolute Gasteiger partial charge is 0.267 e. The number of carbonyl (C=O) groups is 1. The lowest BCUT2D eigenvalue weighted by atomic mass is 10.2. The van der Waals surface area contributed by atoms with E-state index in [0.29, 0.717) is 28.4 Å². The normalized spacial score (nSPS) is 11.9. The molecule has 0 bridgehead atoms. The summed E-state index contributed by atoms with van der Waals surface area (Å²) in [6.07, 6.45) is 3.32. The second-order valence-corrected chi connectivity index (χ2v) is 7.35. The molecule has 0 saturated carbocycles. The number of nitrogens with zero attached hydrogens (tertiary/aromatic N) is 3. The molecule has 1 amide bonds. The van der Waals surface area contributed by atoms with Crippen LogP contribution >= 0.6 is 11.8 Å². The van der Waals surface area contributed by atoms with E-state index >= 15 is 0 Å². The summed E-state index contributed by atoms with van der Waals surface area (Å²) >= 11 is 1.22. The molecular weight excluding hydrogens is 360 g/mol. The van der Waals surface area contributed by atoms with E-state index < -0.39 is 5.25 Å². The van der Waals surface area contributed by atoms with Gasteiger partial charge in [0.15, 0.2) is 5.16 Å². The van der Waals surface area contributed by atoms with Crippen molar-refractivity contribution in [2.24, 2.45) is 0 Å². The van der Waals surface area contributed by atoms with Crippen LogP contribution in [0.1, 0.15) is 12.5 Å². The number of fused-ring (bicyclic) bond motifs is 1. The fourth-order valence-electron chi connectivity index (χ4n) is 2.51. The monoisotopic (exact) mass is 380 g/mol. The van der Waals surface area contributed by atoms with Crippen LogP contribution < -0.4 is 10.9 Å². The number of thioether (sulfide) groups is 1. The van der Waals surface area contributed by atoms with Crippen molar-refractivity contribution < 1.29 is 4.79 Å². The molecule has 2 aromatic heterocycles. The lowest BCUT2D eigenvalue weighted by Crippen LogP contribution is -2.32. The van der Waals surface area contributed by atoms with Crippen molar-refractivity contribution in [3.8, 4) is 5.82 Å². The quantitative estimate of drug-likeness (QED) is 0.404. The van der Waals surface area contributed by atoms with Crippen LogP contribution in [0.15, 0.2) is 65.2 Å². The third-order valence-corrected chi connectivity index (χ3v) is 4.99. The Labute approximate surface area is 161 Å². The maximum absolute atomic E-state index is 13.1. The van der Waals surface area contributed by atoms with Crippen LogP contribution in [-0.4, -0.2) is 32.2 Å². The standard InChI is InChI=1S/C20H20N4O2S/c1-4-11-21-18(25)14(3)27-20-23-16-8-6-5-7-15(16)19(26)24(20)17-10-9-13(2)12-22-17/h4-10,12,14H,1,11H2,2-3H3,(H,21,25). The van der Waals surface area contributed by atoms with Gasteiger partial charge in [-0.05, 0) is 37.6 Å². The highest BCUT2D eigenvalue weighted by Crippen LogP contribution is 2.24. The molecule has 0 aliphatic heterocycles. The number of benzene rings is 1. The van der Waals surface area contributed by atoms with E-state index in [0.717, 1.165) is 5.56 Å². The zero-order valence-electron chi connectivity index (χ0n) is 15.2. The number of amides is 1. The molecule has 1 N–H and O–H groups in total. The number of nitrogens with one attached hydrogen (secondary N) is 1. The molecule has 3 rings (SSSR count). The predicted molar refractivity (Wildman–Crippen MR) is 108 cm³/mol. The van der Waals surface area contributed by atoms with Crippen molar-refractivity contribution in [1.29, 1.82) is 0 Å². The molecule has 3 aromatic rings. The summed E-state index contributed by atoms with van der Waals surface area (Å²) in [5, 5.41) is 3.26. The van der Waals surface area contributed by atoms with Gasteiger partial charge in [-0.15, -0.1) is 6.58 Å². The SMILES string of the molecule is C=CCNC(=O)C(C)Sc1nc2ccccc2c(=O)n1-c1ccc(C)cn1. The van der Waals surface area contributed by atoms with E-state index in [1.807, 2.05) is 19.1 Å². The second kappa shape index (κ2) is 8.18. The molecule has 1 aromatic carbocycles. The van der Waals surface area contributed by atoms with Crippen LogP contribution in [0.3, 0.4) is 0 Å². The molecule has 0 aliphatic rings. The van der Waals surface area contributed by atoms with Gasteiger partial charge < -0.3 is 5.32 Å². The number of para-hydroxylation sites is 1. The summed E-state index contributed by atoms with van der Waals surface area (Å²) in [7, 11) is 0. The molecule has 0 aliphatic carbocycles. The lowest BCUT2D eigenvalue weighted by molar-refractivity contribution is -0.120. The minimum absolute atomic E-state index is 0.147. The Kier molecular flexibility index (Phi) is 5.71. The first-order valence-corrected chi connectivity index (χ1v) is 9.39. The molecule has 0 spiro atoms. The fourth-order valence-corrected chi connectivity index (χ4v) is 3.45. The highest BCUT2D eigenvalue weighted by Gasteiger charge is 2.20. The molecule has 138 valence electrons. The highest BCUT2D eigenvalue weighted by atomic mass is 32.2. The number of rotatable bonds is 6. The number of pyridine rings is 1. The summed E-state index contributed by atoms with van der Waals surface area (Å²) in [4.78, 5) is 34.3. The molecule has 1 atom stereocenters. The largest absolute Gasteiger partial charge is 0.352 e. The third kappa shape index (κ3) is 4.09. The number of hydrogen-bond acceptors (Lipinski definition) is 5. The number of aromatic nitrogens is 3. The Morgan fingerprint density at radius 3 is 2.81 bits per heavy atom.